The normalized spacial score (nSPS) is 10.3. The van der Waals surface area contributed by atoms with E-state index in [1.54, 1.807) is 42.5 Å². The first-order valence-corrected chi connectivity index (χ1v) is 6.20. The minimum Gasteiger partial charge on any atom is -0.508 e. The Bertz CT molecular complexity index is 608. The minimum atomic E-state index is -0.00276. The number of hydrogen-bond acceptors (Lipinski definition) is 3. The molecule has 0 bridgehead atoms. The Morgan fingerprint density at radius 1 is 1.16 bits per heavy atom. The average molecular weight is 276 g/mol. The number of rotatable bonds is 3. The number of nitrogens with zero attached hydrogens (tertiary/aromatic N) is 1. The summed E-state index contributed by atoms with van der Waals surface area (Å²) in [6.07, 6.45) is 0. The van der Waals surface area contributed by atoms with Crippen molar-refractivity contribution in [1.82, 2.24) is 0 Å². The number of Topliss-reactive ketones (excluding diaryl/α,β-unsaturated/α-hetero) is 1. The van der Waals surface area contributed by atoms with Gasteiger partial charge in [0, 0.05) is 18.3 Å². The maximum atomic E-state index is 11.4. The lowest BCUT2D eigenvalue weighted by molar-refractivity contribution is 0.101. The molecule has 0 atom stereocenters. The van der Waals surface area contributed by atoms with Crippen LogP contribution in [0.1, 0.15) is 17.3 Å². The number of phenolic OH excluding ortho intramolecular Hbond substituents is 1. The number of phenols is 1. The molecule has 98 valence electrons. The summed E-state index contributed by atoms with van der Waals surface area (Å²) in [5.41, 5.74) is 2.24. The Labute approximate surface area is 117 Å². The van der Waals surface area contributed by atoms with E-state index in [0.717, 1.165) is 11.4 Å². The molecule has 0 saturated carbocycles. The highest BCUT2D eigenvalue weighted by Gasteiger charge is 2.11. The molecule has 0 spiro atoms. The van der Waals surface area contributed by atoms with E-state index in [1.807, 2.05) is 11.9 Å². The lowest BCUT2D eigenvalue weighted by atomic mass is 10.1. The lowest BCUT2D eigenvalue weighted by Gasteiger charge is -2.21. The molecule has 3 nitrogen and oxygen atoms in total. The van der Waals surface area contributed by atoms with Crippen LogP contribution in [0.15, 0.2) is 42.5 Å². The van der Waals surface area contributed by atoms with Crippen molar-refractivity contribution < 1.29 is 9.90 Å². The van der Waals surface area contributed by atoms with Gasteiger partial charge in [-0.1, -0.05) is 11.6 Å². The van der Waals surface area contributed by atoms with E-state index in [4.69, 9.17) is 11.6 Å². The first kappa shape index (κ1) is 13.4. The number of anilines is 2. The molecular formula is C15H14ClNO2. The molecule has 2 aromatic carbocycles. The summed E-state index contributed by atoms with van der Waals surface area (Å²) in [6, 6.07) is 12.0. The van der Waals surface area contributed by atoms with Crippen LogP contribution in [0.5, 0.6) is 5.75 Å². The molecular weight excluding hydrogens is 262 g/mol. The molecule has 2 aromatic rings. The largest absolute Gasteiger partial charge is 0.508 e. The number of carbonyl (C=O) groups is 1. The van der Waals surface area contributed by atoms with E-state index in [-0.39, 0.29) is 11.5 Å². The summed E-state index contributed by atoms with van der Waals surface area (Å²) in [6.45, 7) is 1.52. The SMILES string of the molecule is CC(=O)c1ccc(Cl)c(N(C)c2ccc(O)cc2)c1. The van der Waals surface area contributed by atoms with Crippen LogP contribution in [0.25, 0.3) is 0 Å². The van der Waals surface area contributed by atoms with Gasteiger partial charge < -0.3 is 10.0 Å². The summed E-state index contributed by atoms with van der Waals surface area (Å²) in [5.74, 6) is 0.206. The van der Waals surface area contributed by atoms with Gasteiger partial charge in [-0.3, -0.25) is 4.79 Å². The topological polar surface area (TPSA) is 40.5 Å². The van der Waals surface area contributed by atoms with Crippen molar-refractivity contribution in [1.29, 1.82) is 0 Å². The number of benzene rings is 2. The predicted molar refractivity (Wildman–Crippen MR) is 77.6 cm³/mol. The third-order valence-electron chi connectivity index (χ3n) is 2.95. The van der Waals surface area contributed by atoms with Crippen LogP contribution in [-0.2, 0) is 0 Å². The van der Waals surface area contributed by atoms with Gasteiger partial charge >= 0.3 is 0 Å². The average Bonchev–Trinajstić information content (AvgIpc) is 2.39. The first-order valence-electron chi connectivity index (χ1n) is 5.82. The Morgan fingerprint density at radius 2 is 1.79 bits per heavy atom. The number of aromatic hydroxyl groups is 1. The lowest BCUT2D eigenvalue weighted by Crippen LogP contribution is -2.10. The molecule has 0 aliphatic heterocycles. The van der Waals surface area contributed by atoms with Gasteiger partial charge in [0.1, 0.15) is 5.75 Å². The summed E-state index contributed by atoms with van der Waals surface area (Å²) in [5, 5.41) is 9.86. The molecule has 0 heterocycles. The van der Waals surface area contributed by atoms with Gasteiger partial charge in [-0.25, -0.2) is 0 Å². The molecule has 0 amide bonds. The fourth-order valence-corrected chi connectivity index (χ4v) is 2.05. The molecule has 0 saturated heterocycles. The minimum absolute atomic E-state index is 0.00276. The molecule has 0 radical (unpaired) electrons. The van der Waals surface area contributed by atoms with Crippen LogP contribution in [0.2, 0.25) is 5.02 Å². The maximum absolute atomic E-state index is 11.4. The maximum Gasteiger partial charge on any atom is 0.159 e. The van der Waals surface area contributed by atoms with Crippen LogP contribution in [0.4, 0.5) is 11.4 Å². The Morgan fingerprint density at radius 3 is 2.37 bits per heavy atom. The van der Waals surface area contributed by atoms with E-state index in [2.05, 4.69) is 0 Å². The van der Waals surface area contributed by atoms with Crippen molar-refractivity contribution in [2.24, 2.45) is 0 Å². The van der Waals surface area contributed by atoms with Crippen LogP contribution >= 0.6 is 11.6 Å². The Hall–Kier alpha value is -2.00. The van der Waals surface area contributed by atoms with Gasteiger partial charge in [-0.2, -0.15) is 0 Å². The monoisotopic (exact) mass is 275 g/mol. The molecule has 0 aromatic heterocycles. The second kappa shape index (κ2) is 5.33. The zero-order valence-corrected chi connectivity index (χ0v) is 11.5. The van der Waals surface area contributed by atoms with E-state index >= 15 is 0 Å². The van der Waals surface area contributed by atoms with Gasteiger partial charge in [0.15, 0.2) is 5.78 Å². The molecule has 0 aliphatic rings. The molecule has 4 heteroatoms. The zero-order valence-electron chi connectivity index (χ0n) is 10.7. The molecule has 0 aliphatic carbocycles. The molecule has 0 unspecified atom stereocenters. The highest BCUT2D eigenvalue weighted by Crippen LogP contribution is 2.32. The molecule has 1 N–H and O–H groups in total. The first-order chi connectivity index (χ1) is 8.99. The second-order valence-corrected chi connectivity index (χ2v) is 4.70. The molecule has 0 fully saturated rings. The van der Waals surface area contributed by atoms with Crippen LogP contribution in [0.3, 0.4) is 0 Å². The van der Waals surface area contributed by atoms with Crippen molar-refractivity contribution in [2.75, 3.05) is 11.9 Å². The molecule has 2 rings (SSSR count). The zero-order chi connectivity index (χ0) is 14.0. The third-order valence-corrected chi connectivity index (χ3v) is 3.27. The van der Waals surface area contributed by atoms with E-state index in [1.165, 1.54) is 6.92 Å². The van der Waals surface area contributed by atoms with Crippen molar-refractivity contribution in [3.05, 3.63) is 53.1 Å². The van der Waals surface area contributed by atoms with Gasteiger partial charge in [-0.05, 0) is 49.4 Å². The number of halogens is 1. The Kier molecular flexibility index (Phi) is 3.76. The second-order valence-electron chi connectivity index (χ2n) is 4.30. The summed E-state index contributed by atoms with van der Waals surface area (Å²) in [7, 11) is 1.86. The van der Waals surface area contributed by atoms with E-state index < -0.39 is 0 Å². The van der Waals surface area contributed by atoms with Crippen molar-refractivity contribution in [3.8, 4) is 5.75 Å². The fraction of sp³-hybridized carbons (Fsp3) is 0.133. The van der Waals surface area contributed by atoms with Crippen LogP contribution < -0.4 is 4.90 Å². The summed E-state index contributed by atoms with van der Waals surface area (Å²) in [4.78, 5) is 13.3. The smallest absolute Gasteiger partial charge is 0.159 e. The molecule has 19 heavy (non-hydrogen) atoms. The quantitative estimate of drug-likeness (QED) is 0.860. The van der Waals surface area contributed by atoms with Crippen LogP contribution in [-0.4, -0.2) is 17.9 Å². The summed E-state index contributed by atoms with van der Waals surface area (Å²) < 4.78 is 0. The fourth-order valence-electron chi connectivity index (χ4n) is 1.80. The van der Waals surface area contributed by atoms with Gasteiger partial charge in [0.2, 0.25) is 0 Å². The predicted octanol–water partition coefficient (Wildman–Crippen LogP) is 4.02. The number of ketones is 1. The number of hydrogen-bond donors (Lipinski definition) is 1. The standard InChI is InChI=1S/C15H14ClNO2/c1-10(18)11-3-8-14(16)15(9-11)17(2)12-4-6-13(19)7-5-12/h3-9,19H,1-2H3. The highest BCUT2D eigenvalue weighted by atomic mass is 35.5. The Balaban J connectivity index is 2.42. The van der Waals surface area contributed by atoms with Crippen LogP contribution in [0, 0.1) is 0 Å². The van der Waals surface area contributed by atoms with Crippen molar-refractivity contribution in [3.63, 3.8) is 0 Å². The van der Waals surface area contributed by atoms with E-state index in [9.17, 15) is 9.90 Å². The third kappa shape index (κ3) is 2.88. The van der Waals surface area contributed by atoms with Gasteiger partial charge in [0.05, 0.1) is 10.7 Å². The summed E-state index contributed by atoms with van der Waals surface area (Å²) >= 11 is 6.17. The van der Waals surface area contributed by atoms with Crippen molar-refractivity contribution >= 4 is 28.8 Å². The van der Waals surface area contributed by atoms with E-state index in [0.29, 0.717) is 10.6 Å². The van der Waals surface area contributed by atoms with Crippen molar-refractivity contribution in [2.45, 2.75) is 6.92 Å². The van der Waals surface area contributed by atoms with Gasteiger partial charge in [-0.15, -0.1) is 0 Å². The highest BCUT2D eigenvalue weighted by molar-refractivity contribution is 6.33. The van der Waals surface area contributed by atoms with Gasteiger partial charge in [0.25, 0.3) is 0 Å². The number of carbonyl (C=O) groups excluding carboxylic acids is 1.